The third-order valence-electron chi connectivity index (χ3n) is 4.21. The molecule has 2 N–H and O–H groups in total. The van der Waals surface area contributed by atoms with Gasteiger partial charge in [-0.25, -0.2) is 0 Å². The van der Waals surface area contributed by atoms with Crippen LogP contribution in [0.5, 0.6) is 0 Å². The molecule has 1 aliphatic carbocycles. The Morgan fingerprint density at radius 2 is 2.00 bits per heavy atom. The number of hydrogen-bond acceptors (Lipinski definition) is 4. The molecule has 0 radical (unpaired) electrons. The first-order valence-electron chi connectivity index (χ1n) is 6.79. The van der Waals surface area contributed by atoms with Crippen LogP contribution in [0.15, 0.2) is 0 Å². The molecule has 1 aliphatic heterocycles. The Kier molecular flexibility index (Phi) is 4.56. The minimum atomic E-state index is -1.11. The van der Waals surface area contributed by atoms with E-state index in [0.717, 1.165) is 30.8 Å². The smallest absolute Gasteiger partial charge is 0.252 e. The third kappa shape index (κ3) is 3.19. The number of aliphatic hydroxyl groups is 1. The highest BCUT2D eigenvalue weighted by Crippen LogP contribution is 2.28. The van der Waals surface area contributed by atoms with Gasteiger partial charge in [-0.2, -0.15) is 11.8 Å². The molecule has 104 valence electrons. The molecule has 1 saturated heterocycles. The number of hydrogen-bond donors (Lipinski definition) is 2. The van der Waals surface area contributed by atoms with Crippen molar-refractivity contribution in [3.8, 4) is 0 Å². The van der Waals surface area contributed by atoms with E-state index in [-0.39, 0.29) is 11.9 Å². The van der Waals surface area contributed by atoms with E-state index in [4.69, 9.17) is 0 Å². The lowest BCUT2D eigenvalue weighted by molar-refractivity contribution is -0.141. The van der Waals surface area contributed by atoms with E-state index in [2.05, 4.69) is 24.3 Å². The average molecular weight is 272 g/mol. The maximum Gasteiger partial charge on any atom is 0.252 e. The summed E-state index contributed by atoms with van der Waals surface area (Å²) in [5, 5.41) is 13.4. The molecule has 0 aromatic carbocycles. The lowest BCUT2D eigenvalue weighted by Gasteiger charge is -2.31. The number of thioether (sulfide) groups is 1. The molecular formula is C13H24N2O2S. The van der Waals surface area contributed by atoms with Crippen LogP contribution in [0.3, 0.4) is 0 Å². The van der Waals surface area contributed by atoms with E-state index in [1.807, 2.05) is 11.8 Å². The van der Waals surface area contributed by atoms with Gasteiger partial charge in [-0.15, -0.1) is 0 Å². The van der Waals surface area contributed by atoms with Gasteiger partial charge in [-0.3, -0.25) is 4.79 Å². The van der Waals surface area contributed by atoms with Gasteiger partial charge in [0.1, 0.15) is 5.60 Å². The molecule has 2 atom stereocenters. The van der Waals surface area contributed by atoms with Gasteiger partial charge in [-0.1, -0.05) is 0 Å². The topological polar surface area (TPSA) is 52.6 Å². The zero-order valence-electron chi connectivity index (χ0n) is 11.3. The lowest BCUT2D eigenvalue weighted by Crippen LogP contribution is -2.51. The second kappa shape index (κ2) is 5.80. The highest BCUT2D eigenvalue weighted by Gasteiger charge is 2.39. The van der Waals surface area contributed by atoms with Crippen LogP contribution < -0.4 is 5.32 Å². The maximum atomic E-state index is 12.2. The fraction of sp³-hybridized carbons (Fsp3) is 0.923. The summed E-state index contributed by atoms with van der Waals surface area (Å²) in [5.41, 5.74) is -1.11. The first-order chi connectivity index (χ1) is 8.51. The van der Waals surface area contributed by atoms with Crippen LogP contribution in [-0.4, -0.2) is 59.2 Å². The minimum Gasteiger partial charge on any atom is -0.380 e. The second-order valence-electron chi connectivity index (χ2n) is 5.74. The fourth-order valence-electron chi connectivity index (χ4n) is 2.81. The quantitative estimate of drug-likeness (QED) is 0.799. The highest BCUT2D eigenvalue weighted by atomic mass is 32.2. The van der Waals surface area contributed by atoms with Crippen LogP contribution in [0.4, 0.5) is 0 Å². The Balaban J connectivity index is 1.84. The van der Waals surface area contributed by atoms with E-state index < -0.39 is 5.60 Å². The first-order valence-corrected chi connectivity index (χ1v) is 7.94. The van der Waals surface area contributed by atoms with E-state index in [1.165, 1.54) is 0 Å². The Labute approximate surface area is 113 Å². The van der Waals surface area contributed by atoms with Crippen molar-refractivity contribution < 1.29 is 9.90 Å². The number of nitrogens with one attached hydrogen (secondary N) is 1. The largest absolute Gasteiger partial charge is 0.380 e. The molecule has 1 saturated carbocycles. The zero-order valence-corrected chi connectivity index (χ0v) is 12.1. The summed E-state index contributed by atoms with van der Waals surface area (Å²) in [5.74, 6) is 1.62. The molecule has 1 heterocycles. The molecule has 0 bridgehead atoms. The van der Waals surface area contributed by atoms with Crippen LogP contribution >= 0.6 is 11.8 Å². The molecular weight excluding hydrogens is 248 g/mol. The van der Waals surface area contributed by atoms with E-state index in [1.54, 1.807) is 0 Å². The predicted octanol–water partition coefficient (Wildman–Crippen LogP) is 0.843. The Morgan fingerprint density at radius 3 is 2.56 bits per heavy atom. The van der Waals surface area contributed by atoms with Crippen LogP contribution in [-0.2, 0) is 4.79 Å². The summed E-state index contributed by atoms with van der Waals surface area (Å²) in [6, 6.07) is 0.801. The van der Waals surface area contributed by atoms with Crippen molar-refractivity contribution in [2.24, 2.45) is 0 Å². The van der Waals surface area contributed by atoms with Gasteiger partial charge in [-0.05, 0) is 57.7 Å². The van der Waals surface area contributed by atoms with Crippen molar-refractivity contribution in [2.45, 2.75) is 49.8 Å². The van der Waals surface area contributed by atoms with Crippen molar-refractivity contribution in [2.75, 3.05) is 25.6 Å². The molecule has 2 fully saturated rings. The summed E-state index contributed by atoms with van der Waals surface area (Å²) in [4.78, 5) is 14.4. The normalized spacial score (nSPS) is 31.6. The molecule has 0 spiro atoms. The van der Waals surface area contributed by atoms with E-state index in [0.29, 0.717) is 18.9 Å². The van der Waals surface area contributed by atoms with Crippen molar-refractivity contribution in [1.29, 1.82) is 0 Å². The van der Waals surface area contributed by atoms with Gasteiger partial charge in [0.15, 0.2) is 0 Å². The van der Waals surface area contributed by atoms with E-state index >= 15 is 0 Å². The molecule has 5 heteroatoms. The molecule has 2 unspecified atom stereocenters. The molecule has 1 amide bonds. The van der Waals surface area contributed by atoms with E-state index in [9.17, 15) is 9.90 Å². The van der Waals surface area contributed by atoms with Crippen LogP contribution in [0.2, 0.25) is 0 Å². The van der Waals surface area contributed by atoms with Gasteiger partial charge < -0.3 is 15.3 Å². The van der Waals surface area contributed by atoms with Gasteiger partial charge >= 0.3 is 0 Å². The molecule has 4 nitrogen and oxygen atoms in total. The summed E-state index contributed by atoms with van der Waals surface area (Å²) in [6.07, 6.45) is 4.34. The molecule has 0 aromatic rings. The van der Waals surface area contributed by atoms with Gasteiger partial charge in [0.05, 0.1) is 0 Å². The van der Waals surface area contributed by atoms with Gasteiger partial charge in [0.2, 0.25) is 0 Å². The Hall–Kier alpha value is -0.260. The predicted molar refractivity (Wildman–Crippen MR) is 74.8 cm³/mol. The summed E-state index contributed by atoms with van der Waals surface area (Å²) in [7, 11) is 4.17. The van der Waals surface area contributed by atoms with Crippen molar-refractivity contribution in [1.82, 2.24) is 10.2 Å². The fourth-order valence-corrected chi connectivity index (χ4v) is 3.98. The summed E-state index contributed by atoms with van der Waals surface area (Å²) in [6.45, 7) is 0. The summed E-state index contributed by atoms with van der Waals surface area (Å²) < 4.78 is 0. The molecule has 2 aliphatic rings. The number of rotatable bonds is 3. The van der Waals surface area contributed by atoms with Gasteiger partial charge in [0, 0.05) is 12.1 Å². The highest BCUT2D eigenvalue weighted by molar-refractivity contribution is 7.99. The number of carbonyl (C=O) groups is 1. The number of carbonyl (C=O) groups excluding carboxylic acids is 1. The third-order valence-corrected chi connectivity index (χ3v) is 5.20. The van der Waals surface area contributed by atoms with Crippen LogP contribution in [0, 0.1) is 0 Å². The standard InChI is InChI=1S/C13H24N2O2S/c1-15(2)11-4-3-10(9-11)14-12(16)13(17)5-7-18-8-6-13/h10-11,17H,3-9H2,1-2H3,(H,14,16). The van der Waals surface area contributed by atoms with Crippen LogP contribution in [0.25, 0.3) is 0 Å². The van der Waals surface area contributed by atoms with Crippen molar-refractivity contribution in [3.63, 3.8) is 0 Å². The molecule has 2 rings (SSSR count). The lowest BCUT2D eigenvalue weighted by atomic mass is 9.95. The van der Waals surface area contributed by atoms with Crippen LogP contribution in [0.1, 0.15) is 32.1 Å². The Morgan fingerprint density at radius 1 is 1.33 bits per heavy atom. The molecule has 18 heavy (non-hydrogen) atoms. The monoisotopic (exact) mass is 272 g/mol. The van der Waals surface area contributed by atoms with Crippen molar-refractivity contribution >= 4 is 17.7 Å². The summed E-state index contributed by atoms with van der Waals surface area (Å²) >= 11 is 1.81. The molecule has 0 aromatic heterocycles. The number of nitrogens with zero attached hydrogens (tertiary/aromatic N) is 1. The maximum absolute atomic E-state index is 12.2. The SMILES string of the molecule is CN(C)C1CCC(NC(=O)C2(O)CCSCC2)C1. The van der Waals surface area contributed by atoms with Crippen molar-refractivity contribution in [3.05, 3.63) is 0 Å². The Bertz CT molecular complexity index is 303. The first kappa shape index (κ1) is 14.2. The second-order valence-corrected chi connectivity index (χ2v) is 6.97. The minimum absolute atomic E-state index is 0.146. The number of amides is 1. The zero-order chi connectivity index (χ0) is 13.2. The van der Waals surface area contributed by atoms with Gasteiger partial charge in [0.25, 0.3) is 5.91 Å². The average Bonchev–Trinajstić information content (AvgIpc) is 2.78.